The summed E-state index contributed by atoms with van der Waals surface area (Å²) in [6, 6.07) is 14.1. The molecule has 1 fully saturated rings. The summed E-state index contributed by atoms with van der Waals surface area (Å²) >= 11 is 0. The number of rotatable bonds is 5. The number of alkyl halides is 1. The molecule has 28 heavy (non-hydrogen) atoms. The van der Waals surface area contributed by atoms with E-state index in [1.54, 1.807) is 0 Å². The largest absolute Gasteiger partial charge is 0.486 e. The van der Waals surface area contributed by atoms with Gasteiger partial charge >= 0.3 is 0 Å². The zero-order chi connectivity index (χ0) is 19.7. The van der Waals surface area contributed by atoms with Crippen LogP contribution in [-0.2, 0) is 4.79 Å². The van der Waals surface area contributed by atoms with Gasteiger partial charge in [0.05, 0.1) is 6.04 Å². The molecule has 2 aromatic carbocycles. The van der Waals surface area contributed by atoms with Gasteiger partial charge in [0.25, 0.3) is 5.91 Å². The molecule has 4 rings (SSSR count). The van der Waals surface area contributed by atoms with Gasteiger partial charge in [-0.2, -0.15) is 0 Å². The van der Waals surface area contributed by atoms with E-state index in [1.807, 2.05) is 31.2 Å². The molecule has 1 amide bonds. The summed E-state index contributed by atoms with van der Waals surface area (Å²) in [5.74, 6) is 1.52. The summed E-state index contributed by atoms with van der Waals surface area (Å²) < 4.78 is 24.3. The molecule has 2 aliphatic heterocycles. The lowest BCUT2D eigenvalue weighted by Crippen LogP contribution is -2.45. The van der Waals surface area contributed by atoms with Crippen LogP contribution in [0.5, 0.6) is 11.5 Å². The fourth-order valence-electron chi connectivity index (χ4n) is 3.60. The maximum atomic E-state index is 13.0. The molecule has 0 radical (unpaired) electrons. The SMILES string of the molecule is CC(F)C(=O)NC(C)c1ccc(C2CN(c3ccc4c(c3)OCCO4)C2)cc1. The van der Waals surface area contributed by atoms with E-state index in [0.29, 0.717) is 19.1 Å². The maximum absolute atomic E-state index is 13.0. The molecule has 0 aromatic heterocycles. The highest BCUT2D eigenvalue weighted by Gasteiger charge is 2.29. The van der Waals surface area contributed by atoms with Crippen molar-refractivity contribution in [3.8, 4) is 11.5 Å². The zero-order valence-electron chi connectivity index (χ0n) is 16.2. The molecule has 2 heterocycles. The highest BCUT2D eigenvalue weighted by atomic mass is 19.1. The van der Waals surface area contributed by atoms with Crippen molar-refractivity contribution >= 4 is 11.6 Å². The maximum Gasteiger partial charge on any atom is 0.254 e. The smallest absolute Gasteiger partial charge is 0.254 e. The van der Waals surface area contributed by atoms with E-state index in [2.05, 4.69) is 28.4 Å². The fourth-order valence-corrected chi connectivity index (χ4v) is 3.60. The average molecular weight is 384 g/mol. The normalized spacial score (nSPS) is 18.2. The Morgan fingerprint density at radius 2 is 1.75 bits per heavy atom. The molecular weight excluding hydrogens is 359 g/mol. The van der Waals surface area contributed by atoms with Crippen LogP contribution in [0.4, 0.5) is 10.1 Å². The molecule has 2 atom stereocenters. The van der Waals surface area contributed by atoms with Crippen LogP contribution in [-0.4, -0.2) is 38.4 Å². The van der Waals surface area contributed by atoms with Crippen molar-refractivity contribution in [2.75, 3.05) is 31.2 Å². The summed E-state index contributed by atoms with van der Waals surface area (Å²) in [6.45, 7) is 6.20. The number of fused-ring (bicyclic) bond motifs is 1. The van der Waals surface area contributed by atoms with E-state index < -0.39 is 12.1 Å². The minimum atomic E-state index is -1.50. The van der Waals surface area contributed by atoms with E-state index in [4.69, 9.17) is 9.47 Å². The van der Waals surface area contributed by atoms with Gasteiger partial charge in [-0.05, 0) is 37.1 Å². The molecule has 6 heteroatoms. The molecule has 5 nitrogen and oxygen atoms in total. The molecule has 0 bridgehead atoms. The summed E-state index contributed by atoms with van der Waals surface area (Å²) in [7, 11) is 0. The van der Waals surface area contributed by atoms with Gasteiger partial charge < -0.3 is 19.7 Å². The van der Waals surface area contributed by atoms with Gasteiger partial charge in [-0.3, -0.25) is 4.79 Å². The van der Waals surface area contributed by atoms with Crippen molar-refractivity contribution in [1.29, 1.82) is 0 Å². The lowest BCUT2D eigenvalue weighted by Gasteiger charge is -2.41. The number of hydrogen-bond donors (Lipinski definition) is 1. The number of anilines is 1. The number of ether oxygens (including phenoxy) is 2. The monoisotopic (exact) mass is 384 g/mol. The van der Waals surface area contributed by atoms with Gasteiger partial charge in [0.15, 0.2) is 17.7 Å². The van der Waals surface area contributed by atoms with Crippen LogP contribution in [0.1, 0.15) is 36.9 Å². The molecule has 2 unspecified atom stereocenters. The summed E-state index contributed by atoms with van der Waals surface area (Å²) in [4.78, 5) is 13.8. The summed E-state index contributed by atoms with van der Waals surface area (Å²) in [5.41, 5.74) is 3.39. The molecule has 0 aliphatic carbocycles. The standard InChI is InChI=1S/C22H25FN2O3/c1-14(23)22(26)24-15(2)16-3-5-17(6-4-16)18-12-25(13-18)19-7-8-20-21(11-19)28-10-9-27-20/h3-8,11,14-15,18H,9-10,12-13H2,1-2H3,(H,24,26). The van der Waals surface area contributed by atoms with Crippen LogP contribution in [0.2, 0.25) is 0 Å². The highest BCUT2D eigenvalue weighted by molar-refractivity contribution is 5.80. The van der Waals surface area contributed by atoms with E-state index in [-0.39, 0.29) is 6.04 Å². The van der Waals surface area contributed by atoms with Crippen LogP contribution in [0.15, 0.2) is 42.5 Å². The quantitative estimate of drug-likeness (QED) is 0.856. The number of amides is 1. The van der Waals surface area contributed by atoms with Gasteiger partial charge in [-0.25, -0.2) is 4.39 Å². The van der Waals surface area contributed by atoms with Crippen molar-refractivity contribution in [3.63, 3.8) is 0 Å². The molecule has 148 valence electrons. The van der Waals surface area contributed by atoms with E-state index in [1.165, 1.54) is 12.5 Å². The minimum Gasteiger partial charge on any atom is -0.486 e. The molecule has 0 saturated carbocycles. The van der Waals surface area contributed by atoms with Gasteiger partial charge in [0.1, 0.15) is 13.2 Å². The predicted octanol–water partition coefficient (Wildman–Crippen LogP) is 3.60. The summed E-state index contributed by atoms with van der Waals surface area (Å²) in [5, 5.41) is 2.68. The van der Waals surface area contributed by atoms with Crippen molar-refractivity contribution in [2.45, 2.75) is 32.0 Å². The lowest BCUT2D eigenvalue weighted by molar-refractivity contribution is -0.126. The number of halogens is 1. The Labute approximate surface area is 164 Å². The third-order valence-corrected chi connectivity index (χ3v) is 5.40. The van der Waals surface area contributed by atoms with Crippen LogP contribution in [0.25, 0.3) is 0 Å². The van der Waals surface area contributed by atoms with Crippen LogP contribution < -0.4 is 19.7 Å². The number of carbonyl (C=O) groups is 1. The number of nitrogens with one attached hydrogen (secondary N) is 1. The van der Waals surface area contributed by atoms with E-state index in [9.17, 15) is 9.18 Å². The topological polar surface area (TPSA) is 50.8 Å². The van der Waals surface area contributed by atoms with Crippen LogP contribution in [0.3, 0.4) is 0 Å². The van der Waals surface area contributed by atoms with Crippen molar-refractivity contribution in [2.24, 2.45) is 0 Å². The number of carbonyl (C=O) groups excluding carboxylic acids is 1. The predicted molar refractivity (Wildman–Crippen MR) is 106 cm³/mol. The highest BCUT2D eigenvalue weighted by Crippen LogP contribution is 2.38. The lowest BCUT2D eigenvalue weighted by atomic mass is 9.90. The first-order chi connectivity index (χ1) is 13.5. The Kier molecular flexibility index (Phi) is 5.11. The average Bonchev–Trinajstić information content (AvgIpc) is 2.67. The summed E-state index contributed by atoms with van der Waals surface area (Å²) in [6.07, 6.45) is -1.50. The third-order valence-electron chi connectivity index (χ3n) is 5.40. The Morgan fingerprint density at radius 1 is 1.07 bits per heavy atom. The van der Waals surface area contributed by atoms with Crippen LogP contribution in [0, 0.1) is 0 Å². The Bertz CT molecular complexity index is 847. The van der Waals surface area contributed by atoms with Gasteiger partial charge in [-0.1, -0.05) is 24.3 Å². The minimum absolute atomic E-state index is 0.213. The molecule has 2 aromatic rings. The number of benzene rings is 2. The van der Waals surface area contributed by atoms with E-state index in [0.717, 1.165) is 35.8 Å². The third kappa shape index (κ3) is 3.77. The van der Waals surface area contributed by atoms with E-state index >= 15 is 0 Å². The fraction of sp³-hybridized carbons (Fsp3) is 0.409. The Hall–Kier alpha value is -2.76. The first kappa shape index (κ1) is 18.6. The van der Waals surface area contributed by atoms with Gasteiger partial charge in [0.2, 0.25) is 0 Å². The zero-order valence-corrected chi connectivity index (χ0v) is 16.2. The second-order valence-corrected chi connectivity index (χ2v) is 7.44. The Balaban J connectivity index is 1.35. The number of nitrogens with zero attached hydrogens (tertiary/aromatic N) is 1. The molecule has 1 N–H and O–H groups in total. The van der Waals surface area contributed by atoms with Crippen molar-refractivity contribution in [1.82, 2.24) is 5.32 Å². The molecule has 2 aliphatic rings. The van der Waals surface area contributed by atoms with Gasteiger partial charge in [0, 0.05) is 30.8 Å². The Morgan fingerprint density at radius 3 is 2.43 bits per heavy atom. The number of hydrogen-bond acceptors (Lipinski definition) is 4. The second-order valence-electron chi connectivity index (χ2n) is 7.44. The molecule has 0 spiro atoms. The molecular formula is C22H25FN2O3. The molecule has 1 saturated heterocycles. The first-order valence-electron chi connectivity index (χ1n) is 9.70. The van der Waals surface area contributed by atoms with Crippen LogP contribution >= 0.6 is 0 Å². The second kappa shape index (κ2) is 7.70. The van der Waals surface area contributed by atoms with Gasteiger partial charge in [-0.15, -0.1) is 0 Å². The first-order valence-corrected chi connectivity index (χ1v) is 9.70. The van der Waals surface area contributed by atoms with Crippen molar-refractivity contribution < 1.29 is 18.7 Å². The van der Waals surface area contributed by atoms with Crippen molar-refractivity contribution in [3.05, 3.63) is 53.6 Å².